The molecule has 1 aromatic heterocycles. The van der Waals surface area contributed by atoms with Gasteiger partial charge < -0.3 is 20.1 Å². The number of fused-ring (bicyclic) bond motifs is 1. The number of thiophene rings is 1. The molecule has 1 fully saturated rings. The van der Waals surface area contributed by atoms with Crippen molar-refractivity contribution in [1.29, 1.82) is 0 Å². The second-order valence-electron chi connectivity index (χ2n) is 4.45. The van der Waals surface area contributed by atoms with Crippen LogP contribution in [0, 0.1) is 0 Å². The van der Waals surface area contributed by atoms with E-state index in [0.29, 0.717) is 22.1 Å². The first-order chi connectivity index (χ1) is 9.24. The Kier molecular flexibility index (Phi) is 3.39. The molecule has 1 aromatic rings. The van der Waals surface area contributed by atoms with Crippen LogP contribution in [0.3, 0.4) is 0 Å². The van der Waals surface area contributed by atoms with E-state index in [2.05, 4.69) is 10.6 Å². The molecule has 0 radical (unpaired) electrons. The van der Waals surface area contributed by atoms with Crippen molar-refractivity contribution in [3.63, 3.8) is 0 Å². The van der Waals surface area contributed by atoms with Gasteiger partial charge in [0.1, 0.15) is 16.5 Å². The molecule has 102 valence electrons. The van der Waals surface area contributed by atoms with Crippen molar-refractivity contribution in [1.82, 2.24) is 5.32 Å². The Hall–Kier alpha value is -1.60. The lowest BCUT2D eigenvalue weighted by Crippen LogP contribution is -2.33. The van der Waals surface area contributed by atoms with Crippen LogP contribution in [-0.2, 0) is 9.47 Å². The highest BCUT2D eigenvalue weighted by Crippen LogP contribution is 2.30. The number of carbonyl (C=O) groups excluding carboxylic acids is 2. The number of hydrogen-bond donors (Lipinski definition) is 2. The third-order valence-electron chi connectivity index (χ3n) is 3.10. The summed E-state index contributed by atoms with van der Waals surface area (Å²) in [6, 6.07) is 1.57. The maximum atomic E-state index is 11.9. The first-order valence-corrected chi connectivity index (χ1v) is 7.00. The van der Waals surface area contributed by atoms with Gasteiger partial charge in [0.25, 0.3) is 5.91 Å². The molecule has 3 heterocycles. The van der Waals surface area contributed by atoms with Gasteiger partial charge in [-0.2, -0.15) is 0 Å². The molecule has 1 unspecified atom stereocenters. The third-order valence-corrected chi connectivity index (χ3v) is 4.17. The Bertz CT molecular complexity index is 508. The molecule has 3 rings (SSSR count). The maximum absolute atomic E-state index is 11.9. The number of amides is 1. The van der Waals surface area contributed by atoms with Crippen molar-refractivity contribution in [2.24, 2.45) is 0 Å². The average Bonchev–Trinajstić information content (AvgIpc) is 3.05. The highest BCUT2D eigenvalue weighted by Gasteiger charge is 2.24. The molecule has 2 aliphatic rings. The zero-order valence-electron chi connectivity index (χ0n) is 10.2. The summed E-state index contributed by atoms with van der Waals surface area (Å²) in [6.07, 6.45) is 1.96. The molecule has 1 amide bonds. The van der Waals surface area contributed by atoms with Gasteiger partial charge in [0.05, 0.1) is 18.3 Å². The molecule has 0 aliphatic carbocycles. The summed E-state index contributed by atoms with van der Waals surface area (Å²) in [7, 11) is 0. The van der Waals surface area contributed by atoms with Crippen LogP contribution < -0.4 is 10.6 Å². The number of anilines is 1. The van der Waals surface area contributed by atoms with E-state index in [1.807, 2.05) is 0 Å². The summed E-state index contributed by atoms with van der Waals surface area (Å²) < 4.78 is 10.6. The van der Waals surface area contributed by atoms with E-state index < -0.39 is 5.97 Å². The topological polar surface area (TPSA) is 76.7 Å². The predicted molar refractivity (Wildman–Crippen MR) is 69.5 cm³/mol. The minimum atomic E-state index is -0.399. The first kappa shape index (κ1) is 12.4. The number of carbonyl (C=O) groups is 2. The van der Waals surface area contributed by atoms with Crippen LogP contribution >= 0.6 is 11.3 Å². The quantitative estimate of drug-likeness (QED) is 0.815. The zero-order valence-corrected chi connectivity index (χ0v) is 11.0. The number of hydrogen-bond acceptors (Lipinski definition) is 6. The fraction of sp³-hybridized carbons (Fsp3) is 0.500. The summed E-state index contributed by atoms with van der Waals surface area (Å²) in [6.45, 7) is 1.40. The van der Waals surface area contributed by atoms with E-state index in [1.165, 1.54) is 11.3 Å². The molecule has 2 N–H and O–H groups in total. The van der Waals surface area contributed by atoms with Gasteiger partial charge >= 0.3 is 5.97 Å². The second-order valence-corrected chi connectivity index (χ2v) is 5.50. The molecular weight excluding hydrogens is 268 g/mol. The van der Waals surface area contributed by atoms with Gasteiger partial charge in [0, 0.05) is 6.61 Å². The van der Waals surface area contributed by atoms with Crippen molar-refractivity contribution >= 4 is 28.2 Å². The van der Waals surface area contributed by atoms with Crippen molar-refractivity contribution in [3.05, 3.63) is 16.5 Å². The standard InChI is InChI=1S/C12H14N2O4S/c15-10-8-4-9(19-11(8)14-6-13-10)12(16)18-5-7-2-1-3-17-7/h4,7,14H,1-3,5-6H2,(H,13,15). The fourth-order valence-corrected chi connectivity index (χ4v) is 3.05. The molecule has 7 heteroatoms. The fourth-order valence-electron chi connectivity index (χ4n) is 2.11. The van der Waals surface area contributed by atoms with Crippen molar-refractivity contribution in [2.75, 3.05) is 25.2 Å². The van der Waals surface area contributed by atoms with Crippen molar-refractivity contribution in [2.45, 2.75) is 18.9 Å². The summed E-state index contributed by atoms with van der Waals surface area (Å²) in [5.74, 6) is -0.562. The van der Waals surface area contributed by atoms with Crippen LogP contribution in [0.4, 0.5) is 5.00 Å². The van der Waals surface area contributed by atoms with Crippen LogP contribution in [0.5, 0.6) is 0 Å². The van der Waals surface area contributed by atoms with Crippen molar-refractivity contribution in [3.8, 4) is 0 Å². The van der Waals surface area contributed by atoms with E-state index in [9.17, 15) is 9.59 Å². The number of nitrogens with one attached hydrogen (secondary N) is 2. The molecule has 0 aromatic carbocycles. The van der Waals surface area contributed by atoms with E-state index in [4.69, 9.17) is 9.47 Å². The smallest absolute Gasteiger partial charge is 0.348 e. The Balaban J connectivity index is 1.64. The van der Waals surface area contributed by atoms with Gasteiger partial charge in [-0.25, -0.2) is 4.79 Å². The number of ether oxygens (including phenoxy) is 2. The van der Waals surface area contributed by atoms with Gasteiger partial charge in [-0.05, 0) is 18.9 Å². The van der Waals surface area contributed by atoms with Gasteiger partial charge in [0.15, 0.2) is 0 Å². The Morgan fingerprint density at radius 1 is 1.53 bits per heavy atom. The van der Waals surface area contributed by atoms with Gasteiger partial charge in [-0.3, -0.25) is 4.79 Å². The van der Waals surface area contributed by atoms with E-state index in [-0.39, 0.29) is 18.6 Å². The highest BCUT2D eigenvalue weighted by molar-refractivity contribution is 7.18. The summed E-state index contributed by atoms with van der Waals surface area (Å²) in [5.41, 5.74) is 0.500. The normalized spacial score (nSPS) is 21.5. The van der Waals surface area contributed by atoms with Crippen LogP contribution in [0.2, 0.25) is 0 Å². The van der Waals surface area contributed by atoms with Crippen LogP contribution in [0.25, 0.3) is 0 Å². The lowest BCUT2D eigenvalue weighted by molar-refractivity contribution is 0.0165. The molecule has 6 nitrogen and oxygen atoms in total. The lowest BCUT2D eigenvalue weighted by atomic mass is 10.2. The molecule has 0 saturated carbocycles. The van der Waals surface area contributed by atoms with Crippen molar-refractivity contribution < 1.29 is 19.1 Å². The summed E-state index contributed by atoms with van der Waals surface area (Å²) in [5, 5.41) is 6.39. The van der Waals surface area contributed by atoms with Gasteiger partial charge in [0.2, 0.25) is 0 Å². The number of rotatable bonds is 3. The predicted octanol–water partition coefficient (Wildman–Crippen LogP) is 1.20. The highest BCUT2D eigenvalue weighted by atomic mass is 32.1. The SMILES string of the molecule is O=C(OCC1CCCO1)c1cc2c(s1)NCNC2=O. The maximum Gasteiger partial charge on any atom is 0.348 e. The van der Waals surface area contributed by atoms with Gasteiger partial charge in [-0.15, -0.1) is 11.3 Å². The third kappa shape index (κ3) is 2.57. The molecular formula is C12H14N2O4S. The van der Waals surface area contributed by atoms with E-state index >= 15 is 0 Å². The summed E-state index contributed by atoms with van der Waals surface area (Å²) in [4.78, 5) is 23.9. The monoisotopic (exact) mass is 282 g/mol. The minimum Gasteiger partial charge on any atom is -0.459 e. The molecule has 2 aliphatic heterocycles. The first-order valence-electron chi connectivity index (χ1n) is 6.18. The molecule has 1 atom stereocenters. The van der Waals surface area contributed by atoms with Gasteiger partial charge in [-0.1, -0.05) is 0 Å². The number of esters is 1. The molecule has 19 heavy (non-hydrogen) atoms. The Morgan fingerprint density at radius 2 is 2.42 bits per heavy atom. The van der Waals surface area contributed by atoms with Crippen LogP contribution in [0.1, 0.15) is 32.9 Å². The minimum absolute atomic E-state index is 0.0139. The average molecular weight is 282 g/mol. The van der Waals surface area contributed by atoms with E-state index in [1.54, 1.807) is 6.07 Å². The molecule has 1 saturated heterocycles. The molecule has 0 bridgehead atoms. The largest absolute Gasteiger partial charge is 0.459 e. The van der Waals surface area contributed by atoms with Crippen LogP contribution in [0.15, 0.2) is 6.07 Å². The molecule has 0 spiro atoms. The van der Waals surface area contributed by atoms with E-state index in [0.717, 1.165) is 19.4 Å². The summed E-state index contributed by atoms with van der Waals surface area (Å²) >= 11 is 1.24. The lowest BCUT2D eigenvalue weighted by Gasteiger charge is -2.13. The Labute approximate surface area is 114 Å². The van der Waals surface area contributed by atoms with Crippen LogP contribution in [-0.4, -0.2) is 37.9 Å². The Morgan fingerprint density at radius 3 is 3.16 bits per heavy atom. The second kappa shape index (κ2) is 5.18. The zero-order chi connectivity index (χ0) is 13.2.